The molecule has 3 atom stereocenters. The Morgan fingerprint density at radius 1 is 1.29 bits per heavy atom. The van der Waals surface area contributed by atoms with Crippen LogP contribution in [0.1, 0.15) is 41.3 Å². The average Bonchev–Trinajstić information content (AvgIpc) is 2.69. The molecular formula is C14H18BrClO. The van der Waals surface area contributed by atoms with Gasteiger partial charge in [0, 0.05) is 5.02 Å². The van der Waals surface area contributed by atoms with Gasteiger partial charge in [0.15, 0.2) is 0 Å². The van der Waals surface area contributed by atoms with Crippen LogP contribution in [0.5, 0.6) is 0 Å². The lowest BCUT2D eigenvalue weighted by Gasteiger charge is -2.21. The fraction of sp³-hybridized carbons (Fsp3) is 0.571. The second-order valence-electron chi connectivity index (χ2n) is 4.92. The molecule has 1 aromatic carbocycles. The Kier molecular flexibility index (Phi) is 4.17. The first-order valence-corrected chi connectivity index (χ1v) is 7.34. The van der Waals surface area contributed by atoms with E-state index in [1.807, 2.05) is 13.0 Å². The Labute approximate surface area is 117 Å². The third kappa shape index (κ3) is 2.86. The van der Waals surface area contributed by atoms with Gasteiger partial charge in [0.2, 0.25) is 0 Å². The van der Waals surface area contributed by atoms with E-state index in [0.717, 1.165) is 23.4 Å². The Balaban J connectivity index is 2.24. The molecule has 94 valence electrons. The van der Waals surface area contributed by atoms with Crippen molar-refractivity contribution in [1.29, 1.82) is 0 Å². The zero-order chi connectivity index (χ0) is 12.6. The van der Waals surface area contributed by atoms with Crippen molar-refractivity contribution in [2.75, 3.05) is 0 Å². The summed E-state index contributed by atoms with van der Waals surface area (Å²) in [7, 11) is 0. The normalized spacial score (nSPS) is 26.2. The van der Waals surface area contributed by atoms with E-state index in [0.29, 0.717) is 6.10 Å². The van der Waals surface area contributed by atoms with Crippen LogP contribution < -0.4 is 0 Å². The van der Waals surface area contributed by atoms with Crippen molar-refractivity contribution in [3.63, 3.8) is 0 Å². The molecule has 1 nitrogen and oxygen atoms in total. The lowest BCUT2D eigenvalue weighted by Crippen LogP contribution is -2.15. The fourth-order valence-corrected chi connectivity index (χ4v) is 3.45. The van der Waals surface area contributed by atoms with Crippen LogP contribution in [0, 0.1) is 13.8 Å². The largest absolute Gasteiger partial charge is 0.374 e. The minimum absolute atomic E-state index is 0.267. The van der Waals surface area contributed by atoms with Gasteiger partial charge in [0.05, 0.1) is 17.0 Å². The molecule has 2 rings (SSSR count). The second-order valence-corrected chi connectivity index (χ2v) is 6.32. The molecule has 0 radical (unpaired) electrons. The molecule has 1 aliphatic rings. The van der Waals surface area contributed by atoms with Crippen molar-refractivity contribution in [3.05, 3.63) is 33.8 Å². The van der Waals surface area contributed by atoms with E-state index in [1.165, 1.54) is 11.1 Å². The number of halogens is 2. The first-order chi connectivity index (χ1) is 7.99. The predicted octanol–water partition coefficient (Wildman–Crippen LogP) is 4.96. The maximum atomic E-state index is 6.13. The molecule has 1 heterocycles. The van der Waals surface area contributed by atoms with Crippen molar-refractivity contribution in [2.45, 2.75) is 50.6 Å². The highest BCUT2D eigenvalue weighted by molar-refractivity contribution is 9.09. The summed E-state index contributed by atoms with van der Waals surface area (Å²) in [6, 6.07) is 4.21. The van der Waals surface area contributed by atoms with Gasteiger partial charge in [-0.15, -0.1) is 0 Å². The topological polar surface area (TPSA) is 9.23 Å². The van der Waals surface area contributed by atoms with Crippen LogP contribution in [-0.4, -0.2) is 12.2 Å². The van der Waals surface area contributed by atoms with E-state index >= 15 is 0 Å². The monoisotopic (exact) mass is 316 g/mol. The van der Waals surface area contributed by atoms with Gasteiger partial charge in [-0.05, 0) is 56.4 Å². The van der Waals surface area contributed by atoms with Crippen LogP contribution in [0.15, 0.2) is 12.1 Å². The van der Waals surface area contributed by atoms with Crippen LogP contribution in [0.2, 0.25) is 5.02 Å². The molecule has 3 unspecified atom stereocenters. The number of alkyl halides is 1. The van der Waals surface area contributed by atoms with Gasteiger partial charge >= 0.3 is 0 Å². The number of benzene rings is 1. The quantitative estimate of drug-likeness (QED) is 0.700. The molecule has 1 fully saturated rings. The Morgan fingerprint density at radius 2 is 2.00 bits per heavy atom. The first-order valence-electron chi connectivity index (χ1n) is 6.05. The summed E-state index contributed by atoms with van der Waals surface area (Å²) in [5.74, 6) is 0. The minimum Gasteiger partial charge on any atom is -0.374 e. The molecular weight excluding hydrogens is 300 g/mol. The van der Waals surface area contributed by atoms with Crippen molar-refractivity contribution >= 4 is 27.5 Å². The predicted molar refractivity (Wildman–Crippen MR) is 76.2 cm³/mol. The van der Waals surface area contributed by atoms with E-state index < -0.39 is 0 Å². The van der Waals surface area contributed by atoms with Crippen molar-refractivity contribution in [3.8, 4) is 0 Å². The summed E-state index contributed by atoms with van der Waals surface area (Å²) in [6.07, 6.45) is 2.94. The summed E-state index contributed by atoms with van der Waals surface area (Å²) >= 11 is 9.91. The molecule has 0 N–H and O–H groups in total. The van der Waals surface area contributed by atoms with Gasteiger partial charge < -0.3 is 4.74 Å². The number of hydrogen-bond acceptors (Lipinski definition) is 1. The number of rotatable bonds is 2. The summed E-state index contributed by atoms with van der Waals surface area (Å²) in [4.78, 5) is 0.267. The Bertz CT molecular complexity index is 419. The summed E-state index contributed by atoms with van der Waals surface area (Å²) in [5, 5.41) is 0.839. The van der Waals surface area contributed by atoms with E-state index in [4.69, 9.17) is 16.3 Å². The van der Waals surface area contributed by atoms with E-state index in [2.05, 4.69) is 35.8 Å². The lowest BCUT2D eigenvalue weighted by molar-refractivity contribution is 0.0556. The molecule has 17 heavy (non-hydrogen) atoms. The second kappa shape index (κ2) is 5.29. The standard InChI is InChI=1S/C14H18BrClO/c1-8-7-12(16)9(2)6-11(8)14(15)13-5-4-10(3)17-13/h6-7,10,13-14H,4-5H2,1-3H3. The molecule has 1 saturated heterocycles. The zero-order valence-corrected chi connectivity index (χ0v) is 12.8. The lowest BCUT2D eigenvalue weighted by atomic mass is 9.98. The first kappa shape index (κ1) is 13.4. The number of aryl methyl sites for hydroxylation is 2. The van der Waals surface area contributed by atoms with Gasteiger partial charge in [0.1, 0.15) is 0 Å². The van der Waals surface area contributed by atoms with Crippen molar-refractivity contribution in [2.24, 2.45) is 0 Å². The molecule has 1 aliphatic heterocycles. The summed E-state index contributed by atoms with van der Waals surface area (Å²) in [6.45, 7) is 6.29. The van der Waals surface area contributed by atoms with Crippen LogP contribution in [0.25, 0.3) is 0 Å². The van der Waals surface area contributed by atoms with Crippen molar-refractivity contribution in [1.82, 2.24) is 0 Å². The summed E-state index contributed by atoms with van der Waals surface area (Å²) < 4.78 is 5.92. The fourth-order valence-electron chi connectivity index (χ4n) is 2.35. The minimum atomic E-state index is 0.267. The molecule has 0 aliphatic carbocycles. The number of ether oxygens (including phenoxy) is 1. The maximum Gasteiger partial charge on any atom is 0.0745 e. The maximum absolute atomic E-state index is 6.13. The highest BCUT2D eigenvalue weighted by atomic mass is 79.9. The van der Waals surface area contributed by atoms with Crippen LogP contribution in [-0.2, 0) is 4.74 Å². The molecule has 0 bridgehead atoms. The Morgan fingerprint density at radius 3 is 2.59 bits per heavy atom. The van der Waals surface area contributed by atoms with Gasteiger partial charge in [-0.25, -0.2) is 0 Å². The highest BCUT2D eigenvalue weighted by Crippen LogP contribution is 2.38. The van der Waals surface area contributed by atoms with E-state index in [-0.39, 0.29) is 10.9 Å². The smallest absolute Gasteiger partial charge is 0.0745 e. The third-order valence-corrected chi connectivity index (χ3v) is 4.93. The summed E-state index contributed by atoms with van der Waals surface area (Å²) in [5.41, 5.74) is 3.65. The van der Waals surface area contributed by atoms with E-state index in [9.17, 15) is 0 Å². The van der Waals surface area contributed by atoms with Crippen molar-refractivity contribution < 1.29 is 4.74 Å². The molecule has 0 aromatic heterocycles. The molecule has 0 amide bonds. The SMILES string of the molecule is Cc1cc(C(Br)C2CCC(C)O2)c(C)cc1Cl. The average molecular weight is 318 g/mol. The Hall–Kier alpha value is -0.0500. The number of hydrogen-bond donors (Lipinski definition) is 0. The van der Waals surface area contributed by atoms with Gasteiger partial charge in [-0.1, -0.05) is 33.6 Å². The van der Waals surface area contributed by atoms with Gasteiger partial charge in [0.25, 0.3) is 0 Å². The van der Waals surface area contributed by atoms with Gasteiger partial charge in [-0.2, -0.15) is 0 Å². The van der Waals surface area contributed by atoms with Crippen LogP contribution in [0.4, 0.5) is 0 Å². The zero-order valence-electron chi connectivity index (χ0n) is 10.5. The molecule has 3 heteroatoms. The molecule has 1 aromatic rings. The molecule has 0 spiro atoms. The van der Waals surface area contributed by atoms with E-state index in [1.54, 1.807) is 0 Å². The third-order valence-electron chi connectivity index (χ3n) is 3.44. The van der Waals surface area contributed by atoms with Crippen LogP contribution >= 0.6 is 27.5 Å². The van der Waals surface area contributed by atoms with Gasteiger partial charge in [-0.3, -0.25) is 0 Å². The van der Waals surface area contributed by atoms with Crippen LogP contribution in [0.3, 0.4) is 0 Å². The highest BCUT2D eigenvalue weighted by Gasteiger charge is 2.29. The molecule has 0 saturated carbocycles.